The van der Waals surface area contributed by atoms with E-state index in [2.05, 4.69) is 19.9 Å². The van der Waals surface area contributed by atoms with Crippen molar-refractivity contribution in [1.29, 1.82) is 5.26 Å². The highest BCUT2D eigenvalue weighted by Gasteiger charge is 2.64. The molecule has 6 unspecified atom stereocenters. The Hall–Kier alpha value is -1.65. The van der Waals surface area contributed by atoms with Crippen molar-refractivity contribution in [2.24, 2.45) is 34.8 Å². The van der Waals surface area contributed by atoms with Gasteiger partial charge in [0.2, 0.25) is 5.91 Å². The number of rotatable bonds is 7. The number of amides is 1. The lowest BCUT2D eigenvalue weighted by Crippen LogP contribution is -2.66. The van der Waals surface area contributed by atoms with Crippen LogP contribution < -0.4 is 5.73 Å². The van der Waals surface area contributed by atoms with Gasteiger partial charge in [0.25, 0.3) is 0 Å². The van der Waals surface area contributed by atoms with Gasteiger partial charge in [-0.25, -0.2) is 0 Å². The molecule has 5 aliphatic carbocycles. The predicted molar refractivity (Wildman–Crippen MR) is 124 cm³/mol. The highest BCUT2D eigenvalue weighted by molar-refractivity contribution is 5.84. The van der Waals surface area contributed by atoms with E-state index in [-0.39, 0.29) is 41.3 Å². The molecule has 6 fully saturated rings. The summed E-state index contributed by atoms with van der Waals surface area (Å²) in [6.07, 6.45) is 8.23. The second kappa shape index (κ2) is 7.95. The zero-order valence-electron chi connectivity index (χ0n) is 20.6. The van der Waals surface area contributed by atoms with Crippen LogP contribution in [0.25, 0.3) is 0 Å². The van der Waals surface area contributed by atoms with Crippen LogP contribution in [0.5, 0.6) is 0 Å². The number of carbonyl (C=O) groups excluding carboxylic acids is 2. The van der Waals surface area contributed by atoms with Crippen molar-refractivity contribution in [3.05, 3.63) is 0 Å². The summed E-state index contributed by atoms with van der Waals surface area (Å²) in [4.78, 5) is 30.9. The van der Waals surface area contributed by atoms with Crippen LogP contribution in [0.3, 0.4) is 0 Å². The molecular formula is C26H40N4O3. The Kier molecular flexibility index (Phi) is 5.57. The van der Waals surface area contributed by atoms with Crippen LogP contribution in [0.15, 0.2) is 0 Å². The molecule has 1 heterocycles. The molecular weight excluding hydrogens is 416 g/mol. The number of nitrogens with two attached hydrogens (primary N) is 1. The molecule has 7 heteroatoms. The number of ether oxygens (including phenoxy) is 1. The topological polar surface area (TPSA) is 99.7 Å². The van der Waals surface area contributed by atoms with Crippen molar-refractivity contribution in [2.45, 2.75) is 101 Å². The Balaban J connectivity index is 1.37. The molecule has 0 aromatic carbocycles. The van der Waals surface area contributed by atoms with Gasteiger partial charge in [-0.2, -0.15) is 5.26 Å². The van der Waals surface area contributed by atoms with Crippen molar-refractivity contribution in [1.82, 2.24) is 9.80 Å². The third kappa shape index (κ3) is 3.69. The second-order valence-corrected chi connectivity index (χ2v) is 12.4. The fourth-order valence-electron chi connectivity index (χ4n) is 8.49. The summed E-state index contributed by atoms with van der Waals surface area (Å²) in [5.41, 5.74) is 5.99. The molecule has 1 saturated heterocycles. The van der Waals surface area contributed by atoms with E-state index in [1.54, 1.807) is 0 Å². The van der Waals surface area contributed by atoms with Crippen LogP contribution in [-0.2, 0) is 14.3 Å². The predicted octanol–water partition coefficient (Wildman–Crippen LogP) is 2.69. The van der Waals surface area contributed by atoms with Crippen LogP contribution in [0.1, 0.15) is 71.6 Å². The van der Waals surface area contributed by atoms with Gasteiger partial charge in [-0.3, -0.25) is 14.5 Å². The molecule has 6 rings (SSSR count). The molecule has 1 amide bonds. The van der Waals surface area contributed by atoms with Gasteiger partial charge in [0.15, 0.2) is 0 Å². The first kappa shape index (κ1) is 23.1. The number of esters is 1. The van der Waals surface area contributed by atoms with E-state index in [1.165, 1.54) is 0 Å². The molecule has 182 valence electrons. The average Bonchev–Trinajstić information content (AvgIpc) is 3.40. The van der Waals surface area contributed by atoms with E-state index in [1.807, 2.05) is 23.9 Å². The number of hydrogen-bond donors (Lipinski definition) is 1. The molecule has 5 saturated carbocycles. The first-order chi connectivity index (χ1) is 15.6. The lowest BCUT2D eigenvalue weighted by atomic mass is 9.46. The van der Waals surface area contributed by atoms with Gasteiger partial charge < -0.3 is 15.4 Å². The molecule has 0 aromatic heterocycles. The van der Waals surface area contributed by atoms with Gasteiger partial charge in [0, 0.05) is 6.04 Å². The number of likely N-dealkylation sites (N-methyl/N-ethyl adjacent to an activating group) is 1. The molecule has 10 atom stereocenters. The minimum atomic E-state index is -0.615. The largest absolute Gasteiger partial charge is 0.458 e. The first-order valence-electron chi connectivity index (χ1n) is 13.0. The van der Waals surface area contributed by atoms with Gasteiger partial charge in [-0.15, -0.1) is 0 Å². The lowest BCUT2D eigenvalue weighted by molar-refractivity contribution is -0.210. The zero-order chi connectivity index (χ0) is 23.7. The molecule has 1 aliphatic heterocycles. The van der Waals surface area contributed by atoms with E-state index >= 15 is 0 Å². The SMILES string of the molecule is CCC(C)[C@@H](C(=O)OC12CC3C[C@H](C1)CC([C@H](N)C(=O)N1C4CC4C[C@H]1C#N)(C3)C2)N(C)C. The number of fused-ring (bicyclic) bond motifs is 1. The third-order valence-electron chi connectivity index (χ3n) is 9.78. The van der Waals surface area contributed by atoms with E-state index < -0.39 is 11.6 Å². The molecule has 0 spiro atoms. The average molecular weight is 457 g/mol. The number of piperidine rings is 1. The summed E-state index contributed by atoms with van der Waals surface area (Å²) in [5.74, 6) is 1.44. The maximum absolute atomic E-state index is 13.7. The Morgan fingerprint density at radius 2 is 1.85 bits per heavy atom. The van der Waals surface area contributed by atoms with E-state index in [9.17, 15) is 14.9 Å². The normalized spacial score (nSPS) is 43.1. The van der Waals surface area contributed by atoms with Crippen LogP contribution in [0, 0.1) is 40.4 Å². The zero-order valence-corrected chi connectivity index (χ0v) is 20.6. The van der Waals surface area contributed by atoms with E-state index in [4.69, 9.17) is 10.5 Å². The Labute approximate surface area is 198 Å². The molecule has 2 N–H and O–H groups in total. The Morgan fingerprint density at radius 3 is 2.42 bits per heavy atom. The van der Waals surface area contributed by atoms with Crippen LogP contribution in [-0.4, -0.2) is 65.5 Å². The third-order valence-corrected chi connectivity index (χ3v) is 9.78. The highest BCUT2D eigenvalue weighted by Crippen LogP contribution is 2.64. The minimum Gasteiger partial charge on any atom is -0.458 e. The smallest absolute Gasteiger partial charge is 0.324 e. The standard InChI is InChI=1S/C26H40N4O3/c1-5-15(2)21(29(3)4)24(32)33-26-11-16-6-17(12-26)10-25(9-16,14-26)22(28)23(31)30-19(13-27)7-18-8-20(18)30/h15-22H,5-12,14,28H2,1-4H3/t15?,16-,17?,18?,19-,20?,21-,22+,25?,26?/m0/s1. The summed E-state index contributed by atoms with van der Waals surface area (Å²) in [5, 5.41) is 9.60. The van der Waals surface area contributed by atoms with E-state index in [0.717, 1.165) is 51.4 Å². The number of hydrogen-bond acceptors (Lipinski definition) is 6. The highest BCUT2D eigenvalue weighted by atomic mass is 16.6. The van der Waals surface area contributed by atoms with Gasteiger partial charge in [-0.05, 0) is 94.5 Å². The minimum absolute atomic E-state index is 0.0410. The summed E-state index contributed by atoms with van der Waals surface area (Å²) < 4.78 is 6.44. The molecule has 33 heavy (non-hydrogen) atoms. The fraction of sp³-hybridized carbons (Fsp3) is 0.885. The lowest BCUT2D eigenvalue weighted by Gasteiger charge is -2.62. The van der Waals surface area contributed by atoms with Gasteiger partial charge >= 0.3 is 5.97 Å². The first-order valence-corrected chi connectivity index (χ1v) is 13.0. The quantitative estimate of drug-likeness (QED) is 0.591. The van der Waals surface area contributed by atoms with Gasteiger partial charge in [-0.1, -0.05) is 20.3 Å². The van der Waals surface area contributed by atoms with Crippen molar-refractivity contribution >= 4 is 11.9 Å². The summed E-state index contributed by atoms with van der Waals surface area (Å²) in [7, 11) is 3.89. The van der Waals surface area contributed by atoms with Crippen molar-refractivity contribution in [2.75, 3.05) is 14.1 Å². The van der Waals surface area contributed by atoms with E-state index in [0.29, 0.717) is 24.2 Å². The molecule has 4 bridgehead atoms. The molecule has 0 radical (unpaired) electrons. The summed E-state index contributed by atoms with van der Waals surface area (Å²) in [6.45, 7) is 4.21. The maximum atomic E-state index is 13.7. The molecule has 0 aromatic rings. The Morgan fingerprint density at radius 1 is 1.18 bits per heavy atom. The monoisotopic (exact) mass is 456 g/mol. The van der Waals surface area contributed by atoms with Gasteiger partial charge in [0.05, 0.1) is 12.1 Å². The number of carbonyl (C=O) groups is 2. The van der Waals surface area contributed by atoms with Crippen LogP contribution in [0.4, 0.5) is 0 Å². The molecule has 7 nitrogen and oxygen atoms in total. The van der Waals surface area contributed by atoms with Crippen molar-refractivity contribution < 1.29 is 14.3 Å². The Bertz CT molecular complexity index is 852. The van der Waals surface area contributed by atoms with Gasteiger partial charge in [0.1, 0.15) is 17.7 Å². The second-order valence-electron chi connectivity index (χ2n) is 12.4. The van der Waals surface area contributed by atoms with Crippen LogP contribution >= 0.6 is 0 Å². The van der Waals surface area contributed by atoms with Crippen molar-refractivity contribution in [3.8, 4) is 6.07 Å². The number of nitriles is 1. The van der Waals surface area contributed by atoms with Crippen molar-refractivity contribution in [3.63, 3.8) is 0 Å². The number of nitrogens with zero attached hydrogens (tertiary/aromatic N) is 3. The van der Waals surface area contributed by atoms with Crippen LogP contribution in [0.2, 0.25) is 0 Å². The maximum Gasteiger partial charge on any atom is 0.324 e. The summed E-state index contributed by atoms with van der Waals surface area (Å²) in [6, 6.07) is 1.34. The summed E-state index contributed by atoms with van der Waals surface area (Å²) >= 11 is 0. The number of likely N-dealkylation sites (tertiary alicyclic amines) is 1. The molecule has 6 aliphatic rings. The fourth-order valence-corrected chi connectivity index (χ4v) is 8.49.